The predicted octanol–water partition coefficient (Wildman–Crippen LogP) is 2.71. The maximum atomic E-state index is 11.9. The van der Waals surface area contributed by atoms with Gasteiger partial charge in [0.2, 0.25) is 0 Å². The third-order valence-electron chi connectivity index (χ3n) is 5.80. The number of hydrogen-bond acceptors (Lipinski definition) is 5. The van der Waals surface area contributed by atoms with Crippen LogP contribution in [0.3, 0.4) is 0 Å². The number of rotatable bonds is 3. The number of likely N-dealkylation sites (tertiary alicyclic amines) is 1. The van der Waals surface area contributed by atoms with Crippen LogP contribution in [0.25, 0.3) is 11.0 Å². The molecule has 0 radical (unpaired) electrons. The maximum Gasteiger partial charge on any atom is 0.314 e. The molecule has 27 heavy (non-hydrogen) atoms. The van der Waals surface area contributed by atoms with E-state index in [0.717, 1.165) is 19.4 Å². The summed E-state index contributed by atoms with van der Waals surface area (Å²) in [5.41, 5.74) is 1.70. The summed E-state index contributed by atoms with van der Waals surface area (Å²) in [5.74, 6) is 0.552. The molecule has 1 aliphatic heterocycles. The lowest BCUT2D eigenvalue weighted by Crippen LogP contribution is -2.35. The molecule has 1 fully saturated rings. The molecule has 1 unspecified atom stereocenters. The number of nitrogens with one attached hydrogen (secondary N) is 2. The Hall–Kier alpha value is -2.90. The summed E-state index contributed by atoms with van der Waals surface area (Å²) in [6.07, 6.45) is 7.99. The lowest BCUT2D eigenvalue weighted by molar-refractivity contribution is -0.385. The zero-order chi connectivity index (χ0) is 19.1. The van der Waals surface area contributed by atoms with Gasteiger partial charge in [0.1, 0.15) is 0 Å². The van der Waals surface area contributed by atoms with Gasteiger partial charge in [-0.3, -0.25) is 19.7 Å². The Labute approximate surface area is 155 Å². The number of nitro groups is 1. The van der Waals surface area contributed by atoms with Gasteiger partial charge in [-0.2, -0.15) is 0 Å². The highest BCUT2D eigenvalue weighted by Crippen LogP contribution is 2.37. The number of aromatic nitrogens is 2. The van der Waals surface area contributed by atoms with Crippen LogP contribution in [0, 0.1) is 23.0 Å². The van der Waals surface area contributed by atoms with Gasteiger partial charge < -0.3 is 14.9 Å². The van der Waals surface area contributed by atoms with Crippen LogP contribution in [0.4, 0.5) is 5.69 Å². The third kappa shape index (κ3) is 3.05. The van der Waals surface area contributed by atoms with E-state index in [2.05, 4.69) is 20.9 Å². The summed E-state index contributed by atoms with van der Waals surface area (Å²) >= 11 is 0. The molecule has 8 nitrogen and oxygen atoms in total. The molecule has 1 saturated heterocycles. The zero-order valence-electron chi connectivity index (χ0n) is 15.2. The zero-order valence-corrected chi connectivity index (χ0v) is 15.2. The van der Waals surface area contributed by atoms with Crippen molar-refractivity contribution < 1.29 is 4.92 Å². The number of piperidine rings is 1. The quantitative estimate of drug-likeness (QED) is 0.490. The van der Waals surface area contributed by atoms with Gasteiger partial charge in [0, 0.05) is 36.0 Å². The highest BCUT2D eigenvalue weighted by atomic mass is 16.6. The summed E-state index contributed by atoms with van der Waals surface area (Å²) in [6.45, 7) is 3.07. The molecule has 0 saturated carbocycles. The molecule has 142 valence electrons. The fraction of sp³-hybridized carbons (Fsp3) is 0.474. The molecule has 0 amide bonds. The molecule has 1 aromatic carbocycles. The van der Waals surface area contributed by atoms with Gasteiger partial charge >= 0.3 is 11.1 Å². The number of hydrogen-bond donors (Lipinski definition) is 2. The van der Waals surface area contributed by atoms with Gasteiger partial charge in [-0.1, -0.05) is 6.08 Å². The van der Waals surface area contributed by atoms with Crippen LogP contribution in [0.5, 0.6) is 0 Å². The first-order valence-electron chi connectivity index (χ1n) is 9.34. The van der Waals surface area contributed by atoms with Crippen LogP contribution >= 0.6 is 0 Å². The van der Waals surface area contributed by atoms with E-state index in [1.807, 2.05) is 0 Å². The van der Waals surface area contributed by atoms with Crippen LogP contribution in [0.1, 0.15) is 43.2 Å². The summed E-state index contributed by atoms with van der Waals surface area (Å²) in [5, 5.41) is 11.5. The lowest BCUT2D eigenvalue weighted by Gasteiger charge is -2.39. The van der Waals surface area contributed by atoms with Crippen LogP contribution in [-0.2, 0) is 6.54 Å². The second kappa shape index (κ2) is 6.68. The van der Waals surface area contributed by atoms with Crippen molar-refractivity contribution in [3.63, 3.8) is 0 Å². The van der Waals surface area contributed by atoms with E-state index in [9.17, 15) is 19.7 Å². The first-order chi connectivity index (χ1) is 13.0. The Morgan fingerprint density at radius 2 is 1.96 bits per heavy atom. The van der Waals surface area contributed by atoms with Gasteiger partial charge in [-0.25, -0.2) is 0 Å². The smallest absolute Gasteiger partial charge is 0.314 e. The van der Waals surface area contributed by atoms with E-state index < -0.39 is 16.0 Å². The number of aromatic amines is 2. The number of fused-ring (bicyclic) bond motifs is 2. The van der Waals surface area contributed by atoms with Crippen LogP contribution in [0.2, 0.25) is 0 Å². The highest BCUT2D eigenvalue weighted by Gasteiger charge is 2.28. The van der Waals surface area contributed by atoms with Crippen molar-refractivity contribution in [3.05, 3.63) is 59.8 Å². The van der Waals surface area contributed by atoms with Crippen molar-refractivity contribution in [2.24, 2.45) is 5.92 Å². The van der Waals surface area contributed by atoms with E-state index in [1.54, 1.807) is 6.92 Å². The van der Waals surface area contributed by atoms with Gasteiger partial charge in [-0.05, 0) is 44.9 Å². The van der Waals surface area contributed by atoms with E-state index in [1.165, 1.54) is 31.0 Å². The topological polar surface area (TPSA) is 112 Å². The number of allylic oxidation sites excluding steroid dienone is 2. The molecule has 2 aromatic rings. The largest absolute Gasteiger partial charge is 0.370 e. The van der Waals surface area contributed by atoms with Crippen LogP contribution in [0.15, 0.2) is 27.4 Å². The lowest BCUT2D eigenvalue weighted by atomic mass is 9.84. The first-order valence-corrected chi connectivity index (χ1v) is 9.34. The maximum absolute atomic E-state index is 11.9. The van der Waals surface area contributed by atoms with Gasteiger partial charge in [-0.15, -0.1) is 0 Å². The van der Waals surface area contributed by atoms with E-state index in [4.69, 9.17) is 0 Å². The standard InChI is InChI=1S/C19H22N4O4/c1-11-13(10-22-8-4-6-12-5-2-3-7-15(12)22)17-14(9-16(11)23(26)27)20-18(24)19(25)21-17/h7,9,12H,2-6,8,10H2,1H3,(H,20,24)(H,21,25). The van der Waals surface area contributed by atoms with Crippen molar-refractivity contribution in [2.45, 2.75) is 45.6 Å². The Bertz CT molecular complexity index is 1070. The molecule has 2 N–H and O–H groups in total. The van der Waals surface area contributed by atoms with Crippen molar-refractivity contribution in [2.75, 3.05) is 6.54 Å². The second-order valence-corrected chi connectivity index (χ2v) is 7.41. The summed E-state index contributed by atoms with van der Waals surface area (Å²) in [4.78, 5) is 42.0. The van der Waals surface area contributed by atoms with Gasteiger partial charge in [0.15, 0.2) is 0 Å². The number of nitro benzene ring substituents is 1. The first kappa shape index (κ1) is 17.5. The van der Waals surface area contributed by atoms with Crippen LogP contribution < -0.4 is 11.1 Å². The van der Waals surface area contributed by atoms with E-state index >= 15 is 0 Å². The molecule has 2 heterocycles. The van der Waals surface area contributed by atoms with E-state index in [-0.39, 0.29) is 11.2 Å². The SMILES string of the molecule is Cc1c([N+](=O)[O-])cc2[nH]c(=O)c(=O)[nH]c2c1CN1CCCC2CCCC=C21. The second-order valence-electron chi connectivity index (χ2n) is 7.41. The summed E-state index contributed by atoms with van der Waals surface area (Å²) < 4.78 is 0. The monoisotopic (exact) mass is 370 g/mol. The fourth-order valence-corrected chi connectivity index (χ4v) is 4.43. The highest BCUT2D eigenvalue weighted by molar-refractivity contribution is 5.82. The van der Waals surface area contributed by atoms with Crippen molar-refractivity contribution >= 4 is 16.7 Å². The third-order valence-corrected chi connectivity index (χ3v) is 5.80. The van der Waals surface area contributed by atoms with Gasteiger partial charge in [0.05, 0.1) is 16.0 Å². The van der Waals surface area contributed by atoms with Gasteiger partial charge in [0.25, 0.3) is 5.69 Å². The van der Waals surface area contributed by atoms with Crippen molar-refractivity contribution in [1.29, 1.82) is 0 Å². The molecule has 0 spiro atoms. The van der Waals surface area contributed by atoms with Crippen molar-refractivity contribution in [3.8, 4) is 0 Å². The Kier molecular flexibility index (Phi) is 4.33. The molecule has 0 bridgehead atoms. The normalized spacial score (nSPS) is 19.7. The average Bonchev–Trinajstić information content (AvgIpc) is 2.65. The molecule has 1 atom stereocenters. The van der Waals surface area contributed by atoms with Crippen LogP contribution in [-0.4, -0.2) is 26.3 Å². The summed E-state index contributed by atoms with van der Waals surface area (Å²) in [6, 6.07) is 1.32. The summed E-state index contributed by atoms with van der Waals surface area (Å²) in [7, 11) is 0. The Balaban J connectivity index is 1.87. The average molecular weight is 370 g/mol. The molecule has 1 aromatic heterocycles. The minimum absolute atomic E-state index is 0.0496. The molecule has 8 heteroatoms. The number of H-pyrrole nitrogens is 2. The Morgan fingerprint density at radius 3 is 2.74 bits per heavy atom. The minimum atomic E-state index is -0.806. The predicted molar refractivity (Wildman–Crippen MR) is 102 cm³/mol. The number of nitrogens with zero attached hydrogens (tertiary/aromatic N) is 2. The fourth-order valence-electron chi connectivity index (χ4n) is 4.43. The molecule has 2 aliphatic rings. The van der Waals surface area contributed by atoms with Crippen molar-refractivity contribution in [1.82, 2.24) is 14.9 Å². The molecular weight excluding hydrogens is 348 g/mol. The molecular formula is C19H22N4O4. The number of benzene rings is 1. The Morgan fingerprint density at radius 1 is 1.22 bits per heavy atom. The van der Waals surface area contributed by atoms with E-state index in [0.29, 0.717) is 29.1 Å². The minimum Gasteiger partial charge on any atom is -0.370 e. The molecule has 1 aliphatic carbocycles. The molecule has 4 rings (SSSR count).